The van der Waals surface area contributed by atoms with Gasteiger partial charge in [0.1, 0.15) is 30.5 Å². The number of ether oxygens (including phenoxy) is 2. The maximum atomic E-state index is 10.5. The summed E-state index contributed by atoms with van der Waals surface area (Å²) in [7, 11) is 0. The van der Waals surface area contributed by atoms with Crippen molar-refractivity contribution < 1.29 is 14.6 Å². The Morgan fingerprint density at radius 2 is 1.60 bits per heavy atom. The predicted molar refractivity (Wildman–Crippen MR) is 118 cm³/mol. The van der Waals surface area contributed by atoms with Gasteiger partial charge in [0.2, 0.25) is 0 Å². The van der Waals surface area contributed by atoms with Gasteiger partial charge < -0.3 is 19.9 Å². The first-order valence-corrected chi connectivity index (χ1v) is 10.5. The Balaban J connectivity index is 1.37. The standard InChI is InChI=1S/C26H25NO3/c28-23-14-5-4-10-22(23)25-20-12-6-11-19(20)21-13-7-15-24(26(21)27-25)30-17-16-29-18-8-2-1-3-9-18/h1-11,13-15,19-20,25,27-28H,12,16-17H2. The van der Waals surface area contributed by atoms with E-state index in [1.807, 2.05) is 54.6 Å². The molecular formula is C26H25NO3. The van der Waals surface area contributed by atoms with Crippen LogP contribution in [0.5, 0.6) is 17.2 Å². The summed E-state index contributed by atoms with van der Waals surface area (Å²) in [5, 5.41) is 14.2. The maximum absolute atomic E-state index is 10.5. The van der Waals surface area contributed by atoms with Crippen molar-refractivity contribution in [3.63, 3.8) is 0 Å². The average molecular weight is 399 g/mol. The highest BCUT2D eigenvalue weighted by molar-refractivity contribution is 5.68. The minimum absolute atomic E-state index is 0.0315. The van der Waals surface area contributed by atoms with Gasteiger partial charge in [0.05, 0.1) is 11.7 Å². The first-order valence-electron chi connectivity index (χ1n) is 10.5. The van der Waals surface area contributed by atoms with Crippen molar-refractivity contribution in [2.45, 2.75) is 18.4 Å². The third-order valence-corrected chi connectivity index (χ3v) is 5.98. The maximum Gasteiger partial charge on any atom is 0.142 e. The van der Waals surface area contributed by atoms with E-state index < -0.39 is 0 Å². The summed E-state index contributed by atoms with van der Waals surface area (Å²) in [5.41, 5.74) is 3.20. The molecule has 2 N–H and O–H groups in total. The second kappa shape index (κ2) is 8.15. The van der Waals surface area contributed by atoms with E-state index in [0.29, 0.717) is 30.8 Å². The van der Waals surface area contributed by atoms with E-state index in [0.717, 1.165) is 29.2 Å². The number of para-hydroxylation sites is 3. The Morgan fingerprint density at radius 1 is 0.833 bits per heavy atom. The fourth-order valence-electron chi connectivity index (χ4n) is 4.60. The number of fused-ring (bicyclic) bond motifs is 3. The normalized spacial score (nSPS) is 21.4. The van der Waals surface area contributed by atoms with Crippen LogP contribution in [-0.4, -0.2) is 18.3 Å². The first kappa shape index (κ1) is 18.6. The highest BCUT2D eigenvalue weighted by Crippen LogP contribution is 2.53. The summed E-state index contributed by atoms with van der Waals surface area (Å²) >= 11 is 0. The molecule has 0 amide bonds. The Kier molecular flexibility index (Phi) is 5.06. The van der Waals surface area contributed by atoms with Crippen LogP contribution in [0, 0.1) is 5.92 Å². The van der Waals surface area contributed by atoms with Crippen molar-refractivity contribution >= 4 is 5.69 Å². The predicted octanol–water partition coefficient (Wildman–Crippen LogP) is 5.68. The van der Waals surface area contributed by atoms with E-state index in [2.05, 4.69) is 29.6 Å². The molecule has 1 aliphatic carbocycles. The van der Waals surface area contributed by atoms with Crippen molar-refractivity contribution in [2.24, 2.45) is 5.92 Å². The van der Waals surface area contributed by atoms with Crippen LogP contribution >= 0.6 is 0 Å². The summed E-state index contributed by atoms with van der Waals surface area (Å²) in [6.45, 7) is 0.931. The third kappa shape index (κ3) is 3.50. The van der Waals surface area contributed by atoms with Crippen LogP contribution in [0.3, 0.4) is 0 Å². The molecule has 3 unspecified atom stereocenters. The van der Waals surface area contributed by atoms with Crippen molar-refractivity contribution in [3.05, 3.63) is 96.1 Å². The number of hydrogen-bond donors (Lipinski definition) is 2. The van der Waals surface area contributed by atoms with Gasteiger partial charge in [-0.2, -0.15) is 0 Å². The number of benzene rings is 3. The van der Waals surface area contributed by atoms with E-state index >= 15 is 0 Å². The summed E-state index contributed by atoms with van der Waals surface area (Å²) in [6, 6.07) is 23.6. The van der Waals surface area contributed by atoms with Gasteiger partial charge in [0.15, 0.2) is 0 Å². The molecule has 3 aromatic rings. The molecule has 5 rings (SSSR count). The molecule has 2 aliphatic rings. The lowest BCUT2D eigenvalue weighted by Gasteiger charge is -2.38. The van der Waals surface area contributed by atoms with Crippen LogP contribution in [0.25, 0.3) is 0 Å². The second-order valence-corrected chi connectivity index (χ2v) is 7.76. The van der Waals surface area contributed by atoms with Crippen LogP contribution < -0.4 is 14.8 Å². The second-order valence-electron chi connectivity index (χ2n) is 7.76. The van der Waals surface area contributed by atoms with E-state index in [9.17, 15) is 5.11 Å². The van der Waals surface area contributed by atoms with Crippen LogP contribution in [0.1, 0.15) is 29.5 Å². The van der Waals surface area contributed by atoms with Gasteiger partial charge in [-0.05, 0) is 42.2 Å². The number of phenols is 1. The van der Waals surface area contributed by atoms with E-state index in [-0.39, 0.29) is 6.04 Å². The van der Waals surface area contributed by atoms with Crippen LogP contribution in [0.2, 0.25) is 0 Å². The Labute approximate surface area is 176 Å². The zero-order valence-corrected chi connectivity index (χ0v) is 16.7. The van der Waals surface area contributed by atoms with Gasteiger partial charge in [0, 0.05) is 11.5 Å². The molecule has 0 fully saturated rings. The number of allylic oxidation sites excluding steroid dienone is 2. The van der Waals surface area contributed by atoms with Crippen LogP contribution in [-0.2, 0) is 0 Å². The summed E-state index contributed by atoms with van der Waals surface area (Å²) in [5.74, 6) is 2.69. The van der Waals surface area contributed by atoms with Gasteiger partial charge in [0.25, 0.3) is 0 Å². The number of phenolic OH excluding ortho intramolecular Hbond substituents is 1. The summed E-state index contributed by atoms with van der Waals surface area (Å²) < 4.78 is 11.9. The van der Waals surface area contributed by atoms with Crippen LogP contribution in [0.4, 0.5) is 5.69 Å². The van der Waals surface area contributed by atoms with Gasteiger partial charge in [-0.25, -0.2) is 0 Å². The minimum atomic E-state index is 0.0315. The molecule has 0 spiro atoms. The van der Waals surface area contributed by atoms with Crippen molar-refractivity contribution in [3.8, 4) is 17.2 Å². The molecule has 0 bridgehead atoms. The molecule has 0 radical (unpaired) electrons. The molecule has 1 aliphatic heterocycles. The topological polar surface area (TPSA) is 50.7 Å². The lowest BCUT2D eigenvalue weighted by molar-refractivity contribution is 0.217. The SMILES string of the molecule is Oc1ccccc1C1Nc2c(OCCOc3ccccc3)cccc2C2C=CCC21. The molecule has 152 valence electrons. The largest absolute Gasteiger partial charge is 0.508 e. The zero-order valence-electron chi connectivity index (χ0n) is 16.7. The molecule has 30 heavy (non-hydrogen) atoms. The molecule has 0 saturated heterocycles. The lowest BCUT2D eigenvalue weighted by atomic mass is 9.76. The molecule has 4 nitrogen and oxygen atoms in total. The number of anilines is 1. The molecule has 3 aromatic carbocycles. The number of rotatable bonds is 6. The Morgan fingerprint density at radius 3 is 2.47 bits per heavy atom. The quantitative estimate of drug-likeness (QED) is 0.414. The Hall–Kier alpha value is -3.40. The van der Waals surface area contributed by atoms with Gasteiger partial charge >= 0.3 is 0 Å². The minimum Gasteiger partial charge on any atom is -0.508 e. The van der Waals surface area contributed by atoms with Crippen molar-refractivity contribution in [1.29, 1.82) is 0 Å². The number of aromatic hydroxyl groups is 1. The van der Waals surface area contributed by atoms with E-state index in [1.165, 1.54) is 5.56 Å². The summed E-state index contributed by atoms with van der Waals surface area (Å²) in [6.07, 6.45) is 5.53. The van der Waals surface area contributed by atoms with Gasteiger partial charge in [-0.3, -0.25) is 0 Å². The van der Waals surface area contributed by atoms with E-state index in [4.69, 9.17) is 9.47 Å². The molecule has 0 aromatic heterocycles. The Bertz CT molecular complexity index is 1050. The summed E-state index contributed by atoms with van der Waals surface area (Å²) in [4.78, 5) is 0. The zero-order chi connectivity index (χ0) is 20.3. The fraction of sp³-hybridized carbons (Fsp3) is 0.231. The lowest BCUT2D eigenvalue weighted by Crippen LogP contribution is -2.29. The van der Waals surface area contributed by atoms with E-state index in [1.54, 1.807) is 6.07 Å². The van der Waals surface area contributed by atoms with Crippen molar-refractivity contribution in [1.82, 2.24) is 0 Å². The fourth-order valence-corrected chi connectivity index (χ4v) is 4.60. The number of hydrogen-bond acceptors (Lipinski definition) is 4. The molecule has 1 heterocycles. The highest BCUT2D eigenvalue weighted by atomic mass is 16.5. The monoisotopic (exact) mass is 399 g/mol. The first-order chi connectivity index (χ1) is 14.8. The van der Waals surface area contributed by atoms with Crippen LogP contribution in [0.15, 0.2) is 84.9 Å². The smallest absolute Gasteiger partial charge is 0.142 e. The van der Waals surface area contributed by atoms with Gasteiger partial charge in [-0.15, -0.1) is 0 Å². The number of nitrogens with one attached hydrogen (secondary N) is 1. The molecule has 4 heteroatoms. The highest BCUT2D eigenvalue weighted by Gasteiger charge is 2.39. The average Bonchev–Trinajstić information content (AvgIpc) is 3.28. The molecular weight excluding hydrogens is 374 g/mol. The molecule has 3 atom stereocenters. The van der Waals surface area contributed by atoms with Gasteiger partial charge in [-0.1, -0.05) is 60.7 Å². The molecule has 0 saturated carbocycles. The van der Waals surface area contributed by atoms with Crippen molar-refractivity contribution in [2.75, 3.05) is 18.5 Å². The third-order valence-electron chi connectivity index (χ3n) is 5.98.